The van der Waals surface area contributed by atoms with Gasteiger partial charge in [0.25, 0.3) is 0 Å². The molecule has 0 aliphatic carbocycles. The number of benzene rings is 2. The van der Waals surface area contributed by atoms with E-state index in [1.807, 2.05) is 31.2 Å². The number of carbonyl (C=O) groups excluding carboxylic acids is 1. The van der Waals surface area contributed by atoms with E-state index in [-0.39, 0.29) is 18.9 Å². The van der Waals surface area contributed by atoms with Crippen molar-refractivity contribution in [1.82, 2.24) is 5.32 Å². The molecule has 0 fully saturated rings. The van der Waals surface area contributed by atoms with Gasteiger partial charge in [0, 0.05) is 24.5 Å². The normalized spacial score (nSPS) is 11.2. The topological polar surface area (TPSA) is 66.5 Å². The van der Waals surface area contributed by atoms with Crippen molar-refractivity contribution < 1.29 is 13.2 Å². The third-order valence-corrected chi connectivity index (χ3v) is 5.42. The Morgan fingerprint density at radius 3 is 2.38 bits per heavy atom. The molecule has 0 bridgehead atoms. The first-order valence-electron chi connectivity index (χ1n) is 8.38. The largest absolute Gasteiger partial charge is 0.352 e. The highest BCUT2D eigenvalue weighted by Crippen LogP contribution is 2.23. The quantitative estimate of drug-likeness (QED) is 0.746. The predicted octanol–water partition coefficient (Wildman–Crippen LogP) is 3.37. The summed E-state index contributed by atoms with van der Waals surface area (Å²) in [5.74, 6) is -0.206. The molecule has 0 saturated heterocycles. The fourth-order valence-electron chi connectivity index (χ4n) is 2.61. The summed E-state index contributed by atoms with van der Waals surface area (Å²) < 4.78 is 25.7. The summed E-state index contributed by atoms with van der Waals surface area (Å²) in [4.78, 5) is 12.1. The molecule has 140 valence electrons. The maximum Gasteiger partial charge on any atom is 0.232 e. The summed E-state index contributed by atoms with van der Waals surface area (Å²) in [7, 11) is -3.48. The van der Waals surface area contributed by atoms with Crippen LogP contribution in [0.3, 0.4) is 0 Å². The van der Waals surface area contributed by atoms with Crippen LogP contribution in [0.2, 0.25) is 5.02 Å². The third kappa shape index (κ3) is 5.75. The molecule has 2 rings (SSSR count). The second kappa shape index (κ2) is 9.05. The van der Waals surface area contributed by atoms with E-state index in [1.54, 1.807) is 24.3 Å². The van der Waals surface area contributed by atoms with E-state index in [9.17, 15) is 13.2 Å². The molecule has 0 aliphatic heterocycles. The van der Waals surface area contributed by atoms with Gasteiger partial charge in [-0.1, -0.05) is 48.9 Å². The van der Waals surface area contributed by atoms with E-state index in [4.69, 9.17) is 11.6 Å². The molecule has 2 aromatic carbocycles. The maximum absolute atomic E-state index is 12.2. The SMILES string of the molecule is CCc1ccccc1N(CCC(=O)NCc1ccc(Cl)cc1)S(C)(=O)=O. The van der Waals surface area contributed by atoms with Gasteiger partial charge >= 0.3 is 0 Å². The predicted molar refractivity (Wildman–Crippen MR) is 106 cm³/mol. The number of hydrogen-bond acceptors (Lipinski definition) is 3. The van der Waals surface area contributed by atoms with Gasteiger partial charge in [-0.25, -0.2) is 8.42 Å². The molecule has 1 N–H and O–H groups in total. The lowest BCUT2D eigenvalue weighted by Crippen LogP contribution is -2.35. The molecule has 0 aromatic heterocycles. The van der Waals surface area contributed by atoms with E-state index >= 15 is 0 Å². The van der Waals surface area contributed by atoms with Crippen molar-refractivity contribution >= 4 is 33.2 Å². The molecule has 0 saturated carbocycles. The molecule has 0 radical (unpaired) electrons. The number of sulfonamides is 1. The second-order valence-electron chi connectivity index (χ2n) is 5.97. The molecule has 7 heteroatoms. The number of carbonyl (C=O) groups is 1. The molecule has 0 spiro atoms. The minimum absolute atomic E-state index is 0.0821. The first-order valence-corrected chi connectivity index (χ1v) is 10.6. The summed E-state index contributed by atoms with van der Waals surface area (Å²) in [6.45, 7) is 2.45. The van der Waals surface area contributed by atoms with E-state index in [1.165, 1.54) is 4.31 Å². The molecule has 5 nitrogen and oxygen atoms in total. The van der Waals surface area contributed by atoms with Crippen molar-refractivity contribution in [3.63, 3.8) is 0 Å². The van der Waals surface area contributed by atoms with Crippen LogP contribution in [-0.4, -0.2) is 27.1 Å². The molecule has 1 amide bonds. The summed E-state index contributed by atoms with van der Waals surface area (Å²) in [5, 5.41) is 3.44. The van der Waals surface area contributed by atoms with Gasteiger partial charge in [0.1, 0.15) is 0 Å². The summed E-state index contributed by atoms with van der Waals surface area (Å²) in [6, 6.07) is 14.5. The Labute approximate surface area is 160 Å². The number of rotatable bonds is 8. The van der Waals surface area contributed by atoms with Crippen LogP contribution in [0.15, 0.2) is 48.5 Å². The maximum atomic E-state index is 12.2. The highest BCUT2D eigenvalue weighted by molar-refractivity contribution is 7.92. The molecular formula is C19H23ClN2O3S. The van der Waals surface area contributed by atoms with E-state index in [0.29, 0.717) is 23.7 Å². The number of halogens is 1. The fraction of sp³-hybridized carbons (Fsp3) is 0.316. The highest BCUT2D eigenvalue weighted by Gasteiger charge is 2.20. The van der Waals surface area contributed by atoms with Crippen LogP contribution in [-0.2, 0) is 27.8 Å². The van der Waals surface area contributed by atoms with Gasteiger partial charge in [-0.05, 0) is 35.7 Å². The number of anilines is 1. The van der Waals surface area contributed by atoms with Crippen molar-refractivity contribution in [2.45, 2.75) is 26.3 Å². The number of para-hydroxylation sites is 1. The molecule has 0 atom stereocenters. The monoisotopic (exact) mass is 394 g/mol. The molecule has 26 heavy (non-hydrogen) atoms. The number of aryl methyl sites for hydroxylation is 1. The Bertz CT molecular complexity index is 851. The zero-order chi connectivity index (χ0) is 19.2. The van der Waals surface area contributed by atoms with Crippen LogP contribution in [0.1, 0.15) is 24.5 Å². The lowest BCUT2D eigenvalue weighted by atomic mass is 10.1. The molecule has 0 unspecified atom stereocenters. The third-order valence-electron chi connectivity index (χ3n) is 3.99. The second-order valence-corrected chi connectivity index (χ2v) is 8.31. The van der Waals surface area contributed by atoms with Gasteiger partial charge in [-0.15, -0.1) is 0 Å². The minimum atomic E-state index is -3.48. The van der Waals surface area contributed by atoms with E-state index in [2.05, 4.69) is 5.32 Å². The van der Waals surface area contributed by atoms with Gasteiger partial charge in [0.2, 0.25) is 15.9 Å². The number of nitrogens with zero attached hydrogens (tertiary/aromatic N) is 1. The van der Waals surface area contributed by atoms with Crippen molar-refractivity contribution in [3.8, 4) is 0 Å². The van der Waals surface area contributed by atoms with Crippen LogP contribution in [0, 0.1) is 0 Å². The van der Waals surface area contributed by atoms with Crippen LogP contribution in [0.4, 0.5) is 5.69 Å². The number of nitrogens with one attached hydrogen (secondary N) is 1. The first kappa shape index (κ1) is 20.3. The van der Waals surface area contributed by atoms with Crippen molar-refractivity contribution in [2.75, 3.05) is 17.1 Å². The standard InChI is InChI=1S/C19H23ClN2O3S/c1-3-16-6-4-5-7-18(16)22(26(2,24)25)13-12-19(23)21-14-15-8-10-17(20)11-9-15/h4-11H,3,12-14H2,1-2H3,(H,21,23). The van der Waals surface area contributed by atoms with Gasteiger partial charge in [0.05, 0.1) is 11.9 Å². The molecule has 0 aliphatic rings. The van der Waals surface area contributed by atoms with E-state index in [0.717, 1.165) is 17.4 Å². The Hall–Kier alpha value is -2.05. The Morgan fingerprint density at radius 2 is 1.77 bits per heavy atom. The Kier molecular flexibility index (Phi) is 7.06. The molecular weight excluding hydrogens is 372 g/mol. The van der Waals surface area contributed by atoms with Crippen LogP contribution in [0.5, 0.6) is 0 Å². The molecule has 0 heterocycles. The van der Waals surface area contributed by atoms with Crippen molar-refractivity contribution in [1.29, 1.82) is 0 Å². The average molecular weight is 395 g/mol. The zero-order valence-electron chi connectivity index (χ0n) is 14.9. The number of amides is 1. The van der Waals surface area contributed by atoms with Crippen molar-refractivity contribution in [3.05, 3.63) is 64.7 Å². The van der Waals surface area contributed by atoms with Gasteiger partial charge in [-0.2, -0.15) is 0 Å². The van der Waals surface area contributed by atoms with E-state index < -0.39 is 10.0 Å². The van der Waals surface area contributed by atoms with Crippen molar-refractivity contribution in [2.24, 2.45) is 0 Å². The average Bonchev–Trinajstić information content (AvgIpc) is 2.60. The van der Waals surface area contributed by atoms with Crippen LogP contribution < -0.4 is 9.62 Å². The Balaban J connectivity index is 2.01. The summed E-state index contributed by atoms with van der Waals surface area (Å²) in [6.07, 6.45) is 1.95. The van der Waals surface area contributed by atoms with Gasteiger partial charge in [-0.3, -0.25) is 9.10 Å². The summed E-state index contributed by atoms with van der Waals surface area (Å²) >= 11 is 5.83. The van der Waals surface area contributed by atoms with Crippen LogP contribution in [0.25, 0.3) is 0 Å². The zero-order valence-corrected chi connectivity index (χ0v) is 16.5. The van der Waals surface area contributed by atoms with Crippen LogP contribution >= 0.6 is 11.6 Å². The van der Waals surface area contributed by atoms with Gasteiger partial charge in [0.15, 0.2) is 0 Å². The number of hydrogen-bond donors (Lipinski definition) is 1. The Morgan fingerprint density at radius 1 is 1.12 bits per heavy atom. The lowest BCUT2D eigenvalue weighted by Gasteiger charge is -2.24. The van der Waals surface area contributed by atoms with Gasteiger partial charge < -0.3 is 5.32 Å². The highest BCUT2D eigenvalue weighted by atomic mass is 35.5. The minimum Gasteiger partial charge on any atom is -0.352 e. The first-order chi connectivity index (χ1) is 12.3. The fourth-order valence-corrected chi connectivity index (χ4v) is 3.70. The molecule has 2 aromatic rings. The smallest absolute Gasteiger partial charge is 0.232 e. The summed E-state index contributed by atoms with van der Waals surface area (Å²) in [5.41, 5.74) is 2.49. The lowest BCUT2D eigenvalue weighted by molar-refractivity contribution is -0.121.